The molecule has 1 atom stereocenters. The van der Waals surface area contributed by atoms with E-state index in [0.29, 0.717) is 22.5 Å². The van der Waals surface area contributed by atoms with Crippen molar-refractivity contribution in [3.8, 4) is 0 Å². The summed E-state index contributed by atoms with van der Waals surface area (Å²) >= 11 is 12.3. The first-order chi connectivity index (χ1) is 21.1. The summed E-state index contributed by atoms with van der Waals surface area (Å²) in [6.45, 7) is 0. The number of hydrogen-bond donors (Lipinski definition) is 2. The first-order valence-electron chi connectivity index (χ1n) is 14.4. The van der Waals surface area contributed by atoms with Crippen molar-refractivity contribution in [1.29, 1.82) is 0 Å². The number of benzene rings is 3. The maximum Gasteiger partial charge on any atom is 0.328 e. The Morgan fingerprint density at radius 3 is 2.16 bits per heavy atom. The minimum absolute atomic E-state index is 0.127. The number of para-hydroxylation sites is 1. The Hall–Kier alpha value is -4.08. The number of urea groups is 1. The highest BCUT2D eigenvalue weighted by Gasteiger charge is 2.28. The van der Waals surface area contributed by atoms with Gasteiger partial charge in [0.05, 0.1) is 34.0 Å². The summed E-state index contributed by atoms with van der Waals surface area (Å²) in [4.78, 5) is 55.4. The summed E-state index contributed by atoms with van der Waals surface area (Å²) in [6.07, 6.45) is 5.42. The lowest BCUT2D eigenvalue weighted by atomic mass is 9.94. The molecular formula is C33H36Cl2N4O5. The van der Waals surface area contributed by atoms with E-state index in [4.69, 9.17) is 27.9 Å². The highest BCUT2D eigenvalue weighted by atomic mass is 35.5. The van der Waals surface area contributed by atoms with Gasteiger partial charge in [0.25, 0.3) is 11.8 Å². The van der Waals surface area contributed by atoms with Crippen LogP contribution < -0.4 is 15.5 Å². The number of nitrogens with one attached hydrogen (secondary N) is 2. The molecule has 9 nitrogen and oxygen atoms in total. The second-order valence-electron chi connectivity index (χ2n) is 10.8. The zero-order valence-corrected chi connectivity index (χ0v) is 26.5. The zero-order chi connectivity index (χ0) is 31.8. The number of methoxy groups -OCH3 is 1. The number of amides is 4. The summed E-state index contributed by atoms with van der Waals surface area (Å²) < 4.78 is 4.96. The average Bonchev–Trinajstić information content (AvgIpc) is 3.04. The highest BCUT2D eigenvalue weighted by molar-refractivity contribution is 6.40. The fraction of sp³-hybridized carbons (Fsp3) is 0.333. The lowest BCUT2D eigenvalue weighted by molar-refractivity contribution is -0.142. The quantitative estimate of drug-likeness (QED) is 0.257. The highest BCUT2D eigenvalue weighted by Crippen LogP contribution is 2.27. The van der Waals surface area contributed by atoms with E-state index in [2.05, 4.69) is 10.6 Å². The first-order valence-corrected chi connectivity index (χ1v) is 15.2. The number of anilines is 2. The van der Waals surface area contributed by atoms with Gasteiger partial charge >= 0.3 is 12.0 Å². The Morgan fingerprint density at radius 1 is 0.886 bits per heavy atom. The first kappa shape index (κ1) is 32.8. The molecular weight excluding hydrogens is 603 g/mol. The standard InChI is InChI=1S/C33H36Cl2N4O5/c1-38(23-10-5-4-6-11-23)31(41)24-12-7-8-15-28(24)39(2)33(43)37-27(32(42)44-3)20-21-16-18-22(19-17-21)36-30(40)29-25(34)13-9-14-26(29)35/h7-9,12-19,23,27H,4-6,10-11,20H2,1-3H3,(H,36,40)(H,37,43)/t27-/m0/s1. The van der Waals surface area contributed by atoms with Crippen molar-refractivity contribution in [2.45, 2.75) is 50.6 Å². The van der Waals surface area contributed by atoms with Crippen LogP contribution >= 0.6 is 23.2 Å². The van der Waals surface area contributed by atoms with Crippen LogP contribution in [0.1, 0.15) is 58.4 Å². The van der Waals surface area contributed by atoms with Crippen molar-refractivity contribution in [1.82, 2.24) is 10.2 Å². The largest absolute Gasteiger partial charge is 0.467 e. The second kappa shape index (κ2) is 15.1. The molecule has 1 saturated carbocycles. The average molecular weight is 640 g/mol. The van der Waals surface area contributed by atoms with Gasteiger partial charge in [-0.2, -0.15) is 0 Å². The van der Waals surface area contributed by atoms with E-state index < -0.39 is 23.9 Å². The predicted molar refractivity (Wildman–Crippen MR) is 173 cm³/mol. The molecule has 0 heterocycles. The SMILES string of the molecule is COC(=O)[C@H](Cc1ccc(NC(=O)c2c(Cl)cccc2Cl)cc1)NC(=O)N(C)c1ccccc1C(=O)N(C)C1CCCCC1. The van der Waals surface area contributed by atoms with Gasteiger partial charge in [0.1, 0.15) is 6.04 Å². The minimum atomic E-state index is -1.01. The molecule has 11 heteroatoms. The fourth-order valence-electron chi connectivity index (χ4n) is 5.33. The molecule has 0 bridgehead atoms. The molecule has 4 amide bonds. The Bertz CT molecular complexity index is 1490. The molecule has 0 radical (unpaired) electrons. The number of nitrogens with zero attached hydrogens (tertiary/aromatic N) is 2. The van der Waals surface area contributed by atoms with E-state index in [9.17, 15) is 19.2 Å². The third-order valence-corrected chi connectivity index (χ3v) is 8.50. The number of halogens is 2. The summed E-state index contributed by atoms with van der Waals surface area (Å²) in [5, 5.41) is 5.96. The number of ether oxygens (including phenoxy) is 1. The van der Waals surface area contributed by atoms with Gasteiger partial charge in [-0.25, -0.2) is 9.59 Å². The molecule has 2 N–H and O–H groups in total. The Labute approximate surface area is 267 Å². The van der Waals surface area contributed by atoms with Crippen molar-refractivity contribution in [3.63, 3.8) is 0 Å². The Morgan fingerprint density at radius 2 is 1.52 bits per heavy atom. The smallest absolute Gasteiger partial charge is 0.328 e. The molecule has 0 aromatic heterocycles. The van der Waals surface area contributed by atoms with Crippen LogP contribution in [0.5, 0.6) is 0 Å². The molecule has 0 spiro atoms. The van der Waals surface area contributed by atoms with Crippen molar-refractivity contribution >= 4 is 58.4 Å². The zero-order valence-electron chi connectivity index (χ0n) is 24.9. The van der Waals surface area contributed by atoms with E-state index in [-0.39, 0.29) is 34.0 Å². The molecule has 1 aliphatic rings. The molecule has 1 fully saturated rings. The second-order valence-corrected chi connectivity index (χ2v) is 11.6. The molecule has 44 heavy (non-hydrogen) atoms. The fourth-order valence-corrected chi connectivity index (χ4v) is 5.90. The van der Waals surface area contributed by atoms with Crippen LogP contribution in [0.2, 0.25) is 10.0 Å². The normalized spacial score (nSPS) is 13.8. The third-order valence-electron chi connectivity index (χ3n) is 7.87. The predicted octanol–water partition coefficient (Wildman–Crippen LogP) is 6.58. The van der Waals surface area contributed by atoms with Gasteiger partial charge in [0.2, 0.25) is 0 Å². The molecule has 3 aromatic rings. The van der Waals surface area contributed by atoms with Gasteiger partial charge in [-0.3, -0.25) is 14.5 Å². The molecule has 0 aliphatic heterocycles. The van der Waals surface area contributed by atoms with Crippen LogP contribution in [0.15, 0.2) is 66.7 Å². The van der Waals surface area contributed by atoms with Crippen molar-refractivity contribution in [2.75, 3.05) is 31.4 Å². The van der Waals surface area contributed by atoms with Gasteiger partial charge in [0, 0.05) is 32.2 Å². The van der Waals surface area contributed by atoms with E-state index in [1.165, 1.54) is 18.4 Å². The number of esters is 1. The summed E-state index contributed by atoms with van der Waals surface area (Å²) in [5.41, 5.74) is 2.21. The van der Waals surface area contributed by atoms with E-state index in [1.54, 1.807) is 78.7 Å². The van der Waals surface area contributed by atoms with Gasteiger partial charge in [-0.15, -0.1) is 0 Å². The van der Waals surface area contributed by atoms with Crippen LogP contribution in [0.25, 0.3) is 0 Å². The number of carbonyl (C=O) groups is 4. The minimum Gasteiger partial charge on any atom is -0.467 e. The van der Waals surface area contributed by atoms with Gasteiger partial charge in [-0.05, 0) is 54.8 Å². The van der Waals surface area contributed by atoms with Crippen LogP contribution in [0.3, 0.4) is 0 Å². The molecule has 0 saturated heterocycles. The van der Waals surface area contributed by atoms with Gasteiger partial charge in [-0.1, -0.05) is 72.8 Å². The van der Waals surface area contributed by atoms with E-state index in [1.807, 2.05) is 7.05 Å². The molecule has 1 aliphatic carbocycles. The molecule has 3 aromatic carbocycles. The van der Waals surface area contributed by atoms with Gasteiger partial charge < -0.3 is 20.3 Å². The summed E-state index contributed by atoms with van der Waals surface area (Å²) in [5.74, 6) is -1.24. The van der Waals surface area contributed by atoms with Gasteiger partial charge in [0.15, 0.2) is 0 Å². The topological polar surface area (TPSA) is 108 Å². The number of hydrogen-bond acceptors (Lipinski definition) is 5. The van der Waals surface area contributed by atoms with Crippen LogP contribution in [-0.2, 0) is 16.0 Å². The monoisotopic (exact) mass is 638 g/mol. The third kappa shape index (κ3) is 7.89. The van der Waals surface area contributed by atoms with Crippen molar-refractivity contribution < 1.29 is 23.9 Å². The van der Waals surface area contributed by atoms with Crippen LogP contribution in [-0.4, -0.2) is 62.0 Å². The molecule has 4 rings (SSSR count). The molecule has 232 valence electrons. The van der Waals surface area contributed by atoms with E-state index in [0.717, 1.165) is 25.7 Å². The number of carbonyl (C=O) groups excluding carboxylic acids is 4. The van der Waals surface area contributed by atoms with Crippen LogP contribution in [0.4, 0.5) is 16.2 Å². The van der Waals surface area contributed by atoms with E-state index >= 15 is 0 Å². The summed E-state index contributed by atoms with van der Waals surface area (Å²) in [6, 6.07) is 17.1. The Kier molecular flexibility index (Phi) is 11.3. The Balaban J connectivity index is 1.44. The lowest BCUT2D eigenvalue weighted by Gasteiger charge is -2.32. The lowest BCUT2D eigenvalue weighted by Crippen LogP contribution is -2.48. The van der Waals surface area contributed by atoms with Crippen molar-refractivity contribution in [2.24, 2.45) is 0 Å². The summed E-state index contributed by atoms with van der Waals surface area (Å²) in [7, 11) is 4.61. The maximum atomic E-state index is 13.5. The molecule has 0 unspecified atom stereocenters. The van der Waals surface area contributed by atoms with Crippen LogP contribution in [0, 0.1) is 0 Å². The number of rotatable bonds is 9. The van der Waals surface area contributed by atoms with Crippen molar-refractivity contribution in [3.05, 3.63) is 93.5 Å². The maximum absolute atomic E-state index is 13.5.